The van der Waals surface area contributed by atoms with E-state index in [0.29, 0.717) is 13.2 Å². The van der Waals surface area contributed by atoms with Crippen LogP contribution in [0.15, 0.2) is 24.3 Å². The molecular weight excluding hydrogens is 262 g/mol. The minimum Gasteiger partial charge on any atom is -0.490 e. The zero-order valence-corrected chi connectivity index (χ0v) is 14.1. The number of aliphatic hydroxyl groups excluding tert-OH is 1. The lowest BCUT2D eigenvalue weighted by Gasteiger charge is -2.24. The largest absolute Gasteiger partial charge is 0.490 e. The van der Waals surface area contributed by atoms with Crippen LogP contribution in [0.4, 0.5) is 0 Å². The van der Waals surface area contributed by atoms with Gasteiger partial charge >= 0.3 is 0 Å². The fourth-order valence-corrected chi connectivity index (χ4v) is 2.37. The molecule has 3 heteroatoms. The molecule has 118 valence electrons. The van der Waals surface area contributed by atoms with E-state index in [-0.39, 0.29) is 0 Å². The Morgan fingerprint density at radius 3 is 2.48 bits per heavy atom. The van der Waals surface area contributed by atoms with E-state index in [1.807, 2.05) is 13.8 Å². The Bertz CT molecular complexity index is 482. The first-order valence-corrected chi connectivity index (χ1v) is 7.59. The summed E-state index contributed by atoms with van der Waals surface area (Å²) in [5.41, 5.74) is 4.58. The fourth-order valence-electron chi connectivity index (χ4n) is 2.37. The maximum absolute atomic E-state index is 10.2. The van der Waals surface area contributed by atoms with Crippen LogP contribution in [-0.2, 0) is 0 Å². The first-order chi connectivity index (χ1) is 9.85. The SMILES string of the molecule is C=C(C)CN(CC)CC(O)COc1c(C)ccc(C)c1C. The average molecular weight is 291 g/mol. The first-order valence-electron chi connectivity index (χ1n) is 7.59. The summed E-state index contributed by atoms with van der Waals surface area (Å²) in [4.78, 5) is 2.17. The van der Waals surface area contributed by atoms with Gasteiger partial charge in [-0.05, 0) is 50.9 Å². The molecule has 1 atom stereocenters. The van der Waals surface area contributed by atoms with Gasteiger partial charge in [0, 0.05) is 13.1 Å². The van der Waals surface area contributed by atoms with E-state index >= 15 is 0 Å². The minimum absolute atomic E-state index is 0.317. The van der Waals surface area contributed by atoms with E-state index in [1.165, 1.54) is 5.56 Å². The molecule has 21 heavy (non-hydrogen) atoms. The van der Waals surface area contributed by atoms with E-state index in [9.17, 15) is 5.11 Å². The third-order valence-corrected chi connectivity index (χ3v) is 3.70. The molecule has 0 amide bonds. The van der Waals surface area contributed by atoms with Crippen molar-refractivity contribution in [3.63, 3.8) is 0 Å². The zero-order valence-electron chi connectivity index (χ0n) is 14.1. The van der Waals surface area contributed by atoms with E-state index in [0.717, 1.165) is 35.5 Å². The highest BCUT2D eigenvalue weighted by Gasteiger charge is 2.13. The summed E-state index contributed by atoms with van der Waals surface area (Å²) in [5.74, 6) is 0.900. The molecule has 1 aromatic rings. The first kappa shape index (κ1) is 17.7. The van der Waals surface area contributed by atoms with Crippen molar-refractivity contribution >= 4 is 0 Å². The number of hydrogen-bond donors (Lipinski definition) is 1. The van der Waals surface area contributed by atoms with E-state index < -0.39 is 6.10 Å². The third-order valence-electron chi connectivity index (χ3n) is 3.70. The topological polar surface area (TPSA) is 32.7 Å². The zero-order chi connectivity index (χ0) is 16.0. The Labute approximate surface area is 129 Å². The highest BCUT2D eigenvalue weighted by molar-refractivity contribution is 5.44. The van der Waals surface area contributed by atoms with E-state index in [2.05, 4.69) is 44.4 Å². The Hall–Kier alpha value is -1.32. The summed E-state index contributed by atoms with van der Waals surface area (Å²) in [6.45, 7) is 16.8. The molecule has 0 spiro atoms. The van der Waals surface area contributed by atoms with Crippen molar-refractivity contribution in [3.8, 4) is 5.75 Å². The minimum atomic E-state index is -0.497. The number of likely N-dealkylation sites (N-methyl/N-ethyl adjacent to an activating group) is 1. The van der Waals surface area contributed by atoms with Crippen molar-refractivity contribution in [3.05, 3.63) is 41.0 Å². The predicted octanol–water partition coefficient (Wildman–Crippen LogP) is 3.25. The average Bonchev–Trinajstić information content (AvgIpc) is 2.41. The van der Waals surface area contributed by atoms with Gasteiger partial charge in [-0.2, -0.15) is 0 Å². The molecule has 1 unspecified atom stereocenters. The van der Waals surface area contributed by atoms with Gasteiger partial charge in [-0.3, -0.25) is 4.90 Å². The van der Waals surface area contributed by atoms with Crippen molar-refractivity contribution in [2.24, 2.45) is 0 Å². The highest BCUT2D eigenvalue weighted by Crippen LogP contribution is 2.25. The van der Waals surface area contributed by atoms with Crippen LogP contribution >= 0.6 is 0 Å². The molecule has 0 radical (unpaired) electrons. The van der Waals surface area contributed by atoms with Crippen LogP contribution in [-0.4, -0.2) is 42.4 Å². The van der Waals surface area contributed by atoms with Crippen LogP contribution in [0.3, 0.4) is 0 Å². The van der Waals surface area contributed by atoms with Gasteiger partial charge in [0.1, 0.15) is 18.5 Å². The number of nitrogens with zero attached hydrogens (tertiary/aromatic N) is 1. The maximum atomic E-state index is 10.2. The molecule has 0 fully saturated rings. The van der Waals surface area contributed by atoms with Gasteiger partial charge in [-0.25, -0.2) is 0 Å². The standard InChI is InChI=1S/C18H29NO2/c1-7-19(10-13(2)3)11-17(20)12-21-18-15(5)9-8-14(4)16(18)6/h8-9,17,20H,2,7,10-12H2,1,3-6H3. The molecule has 1 rings (SSSR count). The Kier molecular flexibility index (Phi) is 6.93. The second-order valence-electron chi connectivity index (χ2n) is 5.90. The number of ether oxygens (including phenoxy) is 1. The Morgan fingerprint density at radius 1 is 1.29 bits per heavy atom. The molecule has 0 aliphatic carbocycles. The second-order valence-corrected chi connectivity index (χ2v) is 5.90. The van der Waals surface area contributed by atoms with Crippen molar-refractivity contribution < 1.29 is 9.84 Å². The quantitative estimate of drug-likeness (QED) is 0.746. The molecule has 0 saturated heterocycles. The Balaban J connectivity index is 2.59. The maximum Gasteiger partial charge on any atom is 0.125 e. The molecule has 1 N–H and O–H groups in total. The van der Waals surface area contributed by atoms with E-state index in [4.69, 9.17) is 4.74 Å². The van der Waals surface area contributed by atoms with Gasteiger partial charge in [0.25, 0.3) is 0 Å². The predicted molar refractivity (Wildman–Crippen MR) is 89.1 cm³/mol. The molecule has 0 aliphatic rings. The van der Waals surface area contributed by atoms with Crippen molar-refractivity contribution in [2.75, 3.05) is 26.2 Å². The lowest BCUT2D eigenvalue weighted by molar-refractivity contribution is 0.0723. The third kappa shape index (κ3) is 5.52. The van der Waals surface area contributed by atoms with Gasteiger partial charge in [0.05, 0.1) is 0 Å². The summed E-state index contributed by atoms with van der Waals surface area (Å²) >= 11 is 0. The summed E-state index contributed by atoms with van der Waals surface area (Å²) in [6, 6.07) is 4.16. The monoisotopic (exact) mass is 291 g/mol. The molecule has 0 saturated carbocycles. The van der Waals surface area contributed by atoms with Crippen molar-refractivity contribution in [1.82, 2.24) is 4.90 Å². The summed E-state index contributed by atoms with van der Waals surface area (Å²) in [6.07, 6.45) is -0.497. The number of aryl methyl sites for hydroxylation is 2. The molecule has 0 aliphatic heterocycles. The lowest BCUT2D eigenvalue weighted by Crippen LogP contribution is -2.36. The second kappa shape index (κ2) is 8.20. The Morgan fingerprint density at radius 2 is 1.90 bits per heavy atom. The highest BCUT2D eigenvalue weighted by atomic mass is 16.5. The van der Waals surface area contributed by atoms with Gasteiger partial charge in [-0.15, -0.1) is 0 Å². The van der Waals surface area contributed by atoms with Gasteiger partial charge in [-0.1, -0.05) is 31.2 Å². The summed E-state index contributed by atoms with van der Waals surface area (Å²) in [5, 5.41) is 10.2. The van der Waals surface area contributed by atoms with Gasteiger partial charge < -0.3 is 9.84 Å². The lowest BCUT2D eigenvalue weighted by atomic mass is 10.1. The van der Waals surface area contributed by atoms with Crippen LogP contribution in [0.2, 0.25) is 0 Å². The number of aliphatic hydroxyl groups is 1. The van der Waals surface area contributed by atoms with Gasteiger partial charge in [0.2, 0.25) is 0 Å². The number of hydrogen-bond acceptors (Lipinski definition) is 3. The smallest absolute Gasteiger partial charge is 0.125 e. The van der Waals surface area contributed by atoms with Gasteiger partial charge in [0.15, 0.2) is 0 Å². The van der Waals surface area contributed by atoms with Crippen LogP contribution in [0.25, 0.3) is 0 Å². The number of benzene rings is 1. The summed E-state index contributed by atoms with van der Waals surface area (Å²) < 4.78 is 5.86. The number of rotatable bonds is 8. The normalized spacial score (nSPS) is 12.5. The molecule has 0 bridgehead atoms. The van der Waals surface area contributed by atoms with Crippen molar-refractivity contribution in [1.29, 1.82) is 0 Å². The van der Waals surface area contributed by atoms with Crippen LogP contribution in [0.1, 0.15) is 30.5 Å². The van der Waals surface area contributed by atoms with Crippen LogP contribution in [0, 0.1) is 20.8 Å². The fraction of sp³-hybridized carbons (Fsp3) is 0.556. The molecule has 0 aromatic heterocycles. The van der Waals surface area contributed by atoms with Crippen LogP contribution < -0.4 is 4.74 Å². The van der Waals surface area contributed by atoms with Crippen molar-refractivity contribution in [2.45, 2.75) is 40.7 Å². The molecular formula is C18H29NO2. The van der Waals surface area contributed by atoms with Crippen LogP contribution in [0.5, 0.6) is 5.75 Å². The van der Waals surface area contributed by atoms with E-state index in [1.54, 1.807) is 0 Å². The molecule has 3 nitrogen and oxygen atoms in total. The molecule has 0 heterocycles. The summed E-state index contributed by atoms with van der Waals surface area (Å²) in [7, 11) is 0. The molecule has 1 aromatic carbocycles.